The lowest BCUT2D eigenvalue weighted by atomic mass is 10.1. The van der Waals surface area contributed by atoms with Crippen LogP contribution in [0, 0.1) is 11.3 Å². The fourth-order valence-electron chi connectivity index (χ4n) is 3.43. The van der Waals surface area contributed by atoms with Gasteiger partial charge in [-0.05, 0) is 22.9 Å². The van der Waals surface area contributed by atoms with Crippen LogP contribution in [0.5, 0.6) is 0 Å². The summed E-state index contributed by atoms with van der Waals surface area (Å²) in [7, 11) is 0. The Morgan fingerprint density at radius 1 is 1.28 bits per heavy atom. The molecule has 0 aliphatic carbocycles. The Morgan fingerprint density at radius 2 is 2.06 bits per heavy atom. The van der Waals surface area contributed by atoms with Gasteiger partial charge in [0.1, 0.15) is 16.7 Å². The average molecular weight is 473 g/mol. The Morgan fingerprint density at radius 3 is 2.84 bits per heavy atom. The number of thioether (sulfide) groups is 1. The summed E-state index contributed by atoms with van der Waals surface area (Å²) in [6.45, 7) is -1.28. The molecule has 1 aromatic heterocycles. The standard InChI is InChI=1S/C22H18F2N4O2S2/c23-22(24)8-16(9-25)28(13-22)20(29)10-26-21(30)18-11-32-19(27-18)12-31-17-6-5-14-3-1-2-4-15(14)7-17/h1-7,11,16H,8,10,12-13H2,(H,26,30)/t16-/m0/s1. The molecule has 1 atom stereocenters. The van der Waals surface area contributed by atoms with E-state index in [9.17, 15) is 18.4 Å². The van der Waals surface area contributed by atoms with E-state index in [1.54, 1.807) is 23.2 Å². The minimum atomic E-state index is -3.09. The van der Waals surface area contributed by atoms with Gasteiger partial charge < -0.3 is 10.2 Å². The summed E-state index contributed by atoms with van der Waals surface area (Å²) in [5, 5.41) is 16.1. The molecule has 0 saturated carbocycles. The average Bonchev–Trinajstić information content (AvgIpc) is 3.39. The predicted octanol–water partition coefficient (Wildman–Crippen LogP) is 4.08. The topological polar surface area (TPSA) is 86.1 Å². The van der Waals surface area contributed by atoms with Crippen LogP contribution in [0.1, 0.15) is 21.9 Å². The SMILES string of the molecule is N#C[C@@H]1CC(F)(F)CN1C(=O)CNC(=O)c1csc(CSc2ccc3ccccc3c2)n1. The molecule has 0 bridgehead atoms. The van der Waals surface area contributed by atoms with Gasteiger partial charge in [0, 0.05) is 16.7 Å². The van der Waals surface area contributed by atoms with Crippen molar-refractivity contribution in [2.24, 2.45) is 0 Å². The van der Waals surface area contributed by atoms with Gasteiger partial charge in [-0.1, -0.05) is 30.3 Å². The number of nitrogens with zero attached hydrogens (tertiary/aromatic N) is 3. The molecule has 4 rings (SSSR count). The highest BCUT2D eigenvalue weighted by atomic mass is 32.2. The molecule has 1 aliphatic heterocycles. The van der Waals surface area contributed by atoms with Crippen LogP contribution in [0.25, 0.3) is 10.8 Å². The van der Waals surface area contributed by atoms with Crippen LogP contribution in [0.15, 0.2) is 52.7 Å². The molecule has 0 unspecified atom stereocenters. The number of alkyl halides is 2. The zero-order valence-electron chi connectivity index (χ0n) is 16.8. The van der Waals surface area contributed by atoms with Crippen molar-refractivity contribution in [3.63, 3.8) is 0 Å². The summed E-state index contributed by atoms with van der Waals surface area (Å²) < 4.78 is 27.0. The summed E-state index contributed by atoms with van der Waals surface area (Å²) in [4.78, 5) is 30.7. The van der Waals surface area contributed by atoms with Crippen LogP contribution in [-0.4, -0.2) is 46.8 Å². The monoisotopic (exact) mass is 472 g/mol. The van der Waals surface area contributed by atoms with Crippen molar-refractivity contribution in [3.05, 3.63) is 58.5 Å². The van der Waals surface area contributed by atoms with E-state index >= 15 is 0 Å². The number of amides is 2. The minimum Gasteiger partial charge on any atom is -0.342 e. The molecule has 6 nitrogen and oxygen atoms in total. The lowest BCUT2D eigenvalue weighted by Gasteiger charge is -2.19. The minimum absolute atomic E-state index is 0.167. The molecule has 10 heteroatoms. The molecule has 164 valence electrons. The van der Waals surface area contributed by atoms with Gasteiger partial charge in [-0.25, -0.2) is 13.8 Å². The van der Waals surface area contributed by atoms with Crippen molar-refractivity contribution in [2.45, 2.75) is 29.0 Å². The van der Waals surface area contributed by atoms with E-state index in [1.165, 1.54) is 16.7 Å². The molecule has 1 saturated heterocycles. The number of likely N-dealkylation sites (tertiary alicyclic amines) is 1. The normalized spacial score (nSPS) is 17.3. The number of rotatable bonds is 6. The van der Waals surface area contributed by atoms with Crippen LogP contribution in [0.2, 0.25) is 0 Å². The quantitative estimate of drug-likeness (QED) is 0.547. The van der Waals surface area contributed by atoms with Crippen LogP contribution in [-0.2, 0) is 10.5 Å². The van der Waals surface area contributed by atoms with Gasteiger partial charge >= 0.3 is 0 Å². The molecule has 1 N–H and O–H groups in total. The zero-order chi connectivity index (χ0) is 22.7. The number of carbonyl (C=O) groups is 2. The summed E-state index contributed by atoms with van der Waals surface area (Å²) in [6, 6.07) is 14.8. The second kappa shape index (κ2) is 9.22. The van der Waals surface area contributed by atoms with Gasteiger partial charge in [0.05, 0.1) is 24.9 Å². The smallest absolute Gasteiger partial charge is 0.271 e. The first-order valence-electron chi connectivity index (χ1n) is 9.76. The zero-order valence-corrected chi connectivity index (χ0v) is 18.4. The predicted molar refractivity (Wildman–Crippen MR) is 119 cm³/mol. The van der Waals surface area contributed by atoms with Crippen molar-refractivity contribution < 1.29 is 18.4 Å². The van der Waals surface area contributed by atoms with E-state index in [0.717, 1.165) is 20.2 Å². The fourth-order valence-corrected chi connectivity index (χ4v) is 5.16. The van der Waals surface area contributed by atoms with Gasteiger partial charge in [0.2, 0.25) is 5.91 Å². The molecular weight excluding hydrogens is 454 g/mol. The van der Waals surface area contributed by atoms with Crippen molar-refractivity contribution in [1.82, 2.24) is 15.2 Å². The lowest BCUT2D eigenvalue weighted by molar-refractivity contribution is -0.131. The van der Waals surface area contributed by atoms with E-state index in [0.29, 0.717) is 5.75 Å². The highest BCUT2D eigenvalue weighted by Crippen LogP contribution is 2.31. The number of halogens is 2. The second-order valence-corrected chi connectivity index (χ2v) is 9.32. The Hall–Kier alpha value is -3.03. The number of fused-ring (bicyclic) bond motifs is 1. The number of aromatic nitrogens is 1. The highest BCUT2D eigenvalue weighted by molar-refractivity contribution is 7.98. The van der Waals surface area contributed by atoms with E-state index in [1.807, 2.05) is 18.2 Å². The highest BCUT2D eigenvalue weighted by Gasteiger charge is 2.47. The summed E-state index contributed by atoms with van der Waals surface area (Å²) in [5.41, 5.74) is 0.167. The van der Waals surface area contributed by atoms with Crippen LogP contribution in [0.4, 0.5) is 8.78 Å². The fraction of sp³-hybridized carbons (Fsp3) is 0.273. The molecule has 2 heterocycles. The molecule has 0 radical (unpaired) electrons. The molecule has 2 amide bonds. The summed E-state index contributed by atoms with van der Waals surface area (Å²) in [5.74, 6) is -3.78. The third kappa shape index (κ3) is 5.06. The Balaban J connectivity index is 1.30. The maximum atomic E-state index is 13.5. The maximum Gasteiger partial charge on any atom is 0.271 e. The molecule has 3 aromatic rings. The number of hydrogen-bond acceptors (Lipinski definition) is 6. The van der Waals surface area contributed by atoms with Gasteiger partial charge in [-0.15, -0.1) is 23.1 Å². The van der Waals surface area contributed by atoms with Gasteiger partial charge in [-0.3, -0.25) is 9.59 Å². The van der Waals surface area contributed by atoms with Crippen LogP contribution >= 0.6 is 23.1 Å². The number of nitrogens with one attached hydrogen (secondary N) is 1. The second-order valence-electron chi connectivity index (χ2n) is 7.33. The first-order chi connectivity index (χ1) is 15.3. The molecular formula is C22H18F2N4O2S2. The van der Waals surface area contributed by atoms with Gasteiger partial charge in [0.25, 0.3) is 11.8 Å². The van der Waals surface area contributed by atoms with Gasteiger partial charge in [0.15, 0.2) is 0 Å². The molecule has 32 heavy (non-hydrogen) atoms. The first-order valence-corrected chi connectivity index (χ1v) is 11.6. The first kappa shape index (κ1) is 22.2. The third-order valence-corrected chi connectivity index (χ3v) is 7.04. The molecule has 2 aromatic carbocycles. The van der Waals surface area contributed by atoms with Crippen molar-refractivity contribution in [2.75, 3.05) is 13.1 Å². The molecule has 1 aliphatic rings. The Bertz CT molecular complexity index is 1210. The van der Waals surface area contributed by atoms with E-state index in [2.05, 4.69) is 34.6 Å². The van der Waals surface area contributed by atoms with Gasteiger partial charge in [-0.2, -0.15) is 5.26 Å². The molecule has 0 spiro atoms. The summed E-state index contributed by atoms with van der Waals surface area (Å²) >= 11 is 2.94. The van der Waals surface area contributed by atoms with E-state index in [-0.39, 0.29) is 5.69 Å². The van der Waals surface area contributed by atoms with E-state index in [4.69, 9.17) is 5.26 Å². The lowest BCUT2D eigenvalue weighted by Crippen LogP contribution is -2.43. The van der Waals surface area contributed by atoms with Crippen molar-refractivity contribution in [1.29, 1.82) is 5.26 Å². The Kier molecular flexibility index (Phi) is 6.39. The number of hydrogen-bond donors (Lipinski definition) is 1. The number of thiazole rings is 1. The number of benzene rings is 2. The number of carbonyl (C=O) groups excluding carboxylic acids is 2. The van der Waals surface area contributed by atoms with E-state index < -0.39 is 43.3 Å². The number of nitriles is 1. The third-order valence-electron chi connectivity index (χ3n) is 5.01. The maximum absolute atomic E-state index is 13.5. The summed E-state index contributed by atoms with van der Waals surface area (Å²) in [6.07, 6.45) is -0.687. The van der Waals surface area contributed by atoms with Crippen LogP contribution in [0.3, 0.4) is 0 Å². The van der Waals surface area contributed by atoms with Crippen molar-refractivity contribution >= 4 is 45.7 Å². The van der Waals surface area contributed by atoms with Crippen molar-refractivity contribution in [3.8, 4) is 6.07 Å². The Labute approximate surface area is 191 Å². The van der Waals surface area contributed by atoms with Crippen LogP contribution < -0.4 is 5.32 Å². The largest absolute Gasteiger partial charge is 0.342 e. The molecule has 1 fully saturated rings.